The first-order valence-electron chi connectivity index (χ1n) is 10.1. The lowest BCUT2D eigenvalue weighted by Crippen LogP contribution is -2.10. The number of rotatable bonds is 14. The Morgan fingerprint density at radius 2 is 1.38 bits per heavy atom. The van der Waals surface area contributed by atoms with E-state index >= 15 is 0 Å². The van der Waals surface area contributed by atoms with E-state index in [1.54, 1.807) is 0 Å². The zero-order chi connectivity index (χ0) is 17.0. The second kappa shape index (κ2) is 11.4. The molecule has 0 bridgehead atoms. The first kappa shape index (κ1) is 19.2. The molecule has 134 valence electrons. The van der Waals surface area contributed by atoms with E-state index in [1.807, 2.05) is 30.3 Å². The van der Waals surface area contributed by atoms with Gasteiger partial charge in [0, 0.05) is 5.56 Å². The normalized spacial score (nSPS) is 19.4. The van der Waals surface area contributed by atoms with Gasteiger partial charge in [-0.25, -0.2) is 0 Å². The number of epoxide rings is 1. The van der Waals surface area contributed by atoms with E-state index in [-0.39, 0.29) is 18.0 Å². The Bertz CT molecular complexity index is 454. The highest BCUT2D eigenvalue weighted by Crippen LogP contribution is 2.30. The second-order valence-corrected chi connectivity index (χ2v) is 7.15. The monoisotopic (exact) mass is 330 g/mol. The lowest BCUT2D eigenvalue weighted by atomic mass is 10.0. The van der Waals surface area contributed by atoms with Gasteiger partial charge in [-0.05, 0) is 6.42 Å². The number of unbranched alkanes of at least 4 members (excludes halogenated alkanes) is 10. The SMILES string of the molecule is CCCCCCCCCCCCCC1OC1C(=O)c1ccccc1. The maximum atomic E-state index is 12.2. The van der Waals surface area contributed by atoms with Crippen molar-refractivity contribution in [3.63, 3.8) is 0 Å². The smallest absolute Gasteiger partial charge is 0.194 e. The second-order valence-electron chi connectivity index (χ2n) is 7.15. The molecule has 24 heavy (non-hydrogen) atoms. The minimum absolute atomic E-state index is 0.156. The van der Waals surface area contributed by atoms with Crippen LogP contribution in [-0.4, -0.2) is 18.0 Å². The average Bonchev–Trinajstić information content (AvgIpc) is 3.39. The molecule has 0 saturated carbocycles. The molecule has 0 amide bonds. The summed E-state index contributed by atoms with van der Waals surface area (Å²) in [6, 6.07) is 9.52. The molecular formula is C22H34O2. The van der Waals surface area contributed by atoms with Gasteiger partial charge in [0.1, 0.15) is 6.10 Å². The van der Waals surface area contributed by atoms with Crippen molar-refractivity contribution in [2.24, 2.45) is 0 Å². The Kier molecular flexibility index (Phi) is 9.12. The molecule has 0 radical (unpaired) electrons. The fourth-order valence-corrected chi connectivity index (χ4v) is 3.37. The average molecular weight is 331 g/mol. The summed E-state index contributed by atoms with van der Waals surface area (Å²) in [5.74, 6) is 0.156. The third kappa shape index (κ3) is 7.17. The highest BCUT2D eigenvalue weighted by molar-refractivity contribution is 6.01. The van der Waals surface area contributed by atoms with Gasteiger partial charge in [-0.1, -0.05) is 108 Å². The van der Waals surface area contributed by atoms with E-state index in [4.69, 9.17) is 4.74 Å². The minimum Gasteiger partial charge on any atom is -0.361 e. The van der Waals surface area contributed by atoms with Gasteiger partial charge < -0.3 is 4.74 Å². The molecule has 0 N–H and O–H groups in total. The molecule has 1 fully saturated rings. The highest BCUT2D eigenvalue weighted by atomic mass is 16.6. The molecule has 1 aromatic carbocycles. The Morgan fingerprint density at radius 1 is 0.833 bits per heavy atom. The van der Waals surface area contributed by atoms with Gasteiger partial charge in [-0.2, -0.15) is 0 Å². The lowest BCUT2D eigenvalue weighted by Gasteiger charge is -2.02. The van der Waals surface area contributed by atoms with Crippen molar-refractivity contribution in [2.45, 2.75) is 96.2 Å². The summed E-state index contributed by atoms with van der Waals surface area (Å²) in [4.78, 5) is 12.2. The quantitative estimate of drug-likeness (QED) is 0.226. The number of carbonyl (C=O) groups excluding carboxylic acids is 1. The molecule has 2 nitrogen and oxygen atoms in total. The van der Waals surface area contributed by atoms with Crippen LogP contribution in [-0.2, 0) is 4.74 Å². The van der Waals surface area contributed by atoms with Gasteiger partial charge in [0.2, 0.25) is 0 Å². The van der Waals surface area contributed by atoms with E-state index < -0.39 is 0 Å². The number of hydrogen-bond acceptors (Lipinski definition) is 2. The Labute approximate surface area is 148 Å². The maximum absolute atomic E-state index is 12.2. The number of Topliss-reactive ketones (excluding diaryl/α,β-unsaturated/α-hetero) is 1. The van der Waals surface area contributed by atoms with Crippen LogP contribution in [0.2, 0.25) is 0 Å². The van der Waals surface area contributed by atoms with Crippen LogP contribution in [0.1, 0.15) is 94.3 Å². The predicted molar refractivity (Wildman–Crippen MR) is 101 cm³/mol. The van der Waals surface area contributed by atoms with Crippen LogP contribution >= 0.6 is 0 Å². The van der Waals surface area contributed by atoms with E-state index in [0.29, 0.717) is 0 Å². The van der Waals surface area contributed by atoms with Crippen molar-refractivity contribution in [3.8, 4) is 0 Å². The summed E-state index contributed by atoms with van der Waals surface area (Å²) in [5.41, 5.74) is 0.781. The summed E-state index contributed by atoms with van der Waals surface area (Å²) in [6.07, 6.45) is 16.0. The van der Waals surface area contributed by atoms with Crippen molar-refractivity contribution in [1.82, 2.24) is 0 Å². The fourth-order valence-electron chi connectivity index (χ4n) is 3.37. The Balaban J connectivity index is 1.41. The molecule has 1 aliphatic heterocycles. The molecule has 2 heteroatoms. The van der Waals surface area contributed by atoms with Crippen LogP contribution in [0.25, 0.3) is 0 Å². The molecule has 1 aliphatic rings. The Morgan fingerprint density at radius 3 is 1.96 bits per heavy atom. The van der Waals surface area contributed by atoms with Gasteiger partial charge in [0.15, 0.2) is 5.78 Å². The van der Waals surface area contributed by atoms with Crippen molar-refractivity contribution >= 4 is 5.78 Å². The zero-order valence-corrected chi connectivity index (χ0v) is 15.3. The number of hydrogen-bond donors (Lipinski definition) is 0. The molecule has 0 aromatic heterocycles. The van der Waals surface area contributed by atoms with Crippen molar-refractivity contribution in [3.05, 3.63) is 35.9 Å². The van der Waals surface area contributed by atoms with Crippen LogP contribution in [0.4, 0.5) is 0 Å². The third-order valence-electron chi connectivity index (χ3n) is 4.99. The van der Waals surface area contributed by atoms with E-state index in [2.05, 4.69) is 6.92 Å². The number of carbonyl (C=O) groups is 1. The van der Waals surface area contributed by atoms with Gasteiger partial charge in [-0.15, -0.1) is 0 Å². The van der Waals surface area contributed by atoms with Crippen LogP contribution < -0.4 is 0 Å². The highest BCUT2D eigenvalue weighted by Gasteiger charge is 2.44. The van der Waals surface area contributed by atoms with Crippen LogP contribution in [0.15, 0.2) is 30.3 Å². The van der Waals surface area contributed by atoms with Gasteiger partial charge in [-0.3, -0.25) is 4.79 Å². The topological polar surface area (TPSA) is 29.6 Å². The first-order valence-corrected chi connectivity index (χ1v) is 10.1. The molecule has 1 saturated heterocycles. The number of ether oxygens (including phenoxy) is 1. The first-order chi connectivity index (χ1) is 11.8. The van der Waals surface area contributed by atoms with Crippen molar-refractivity contribution in [1.29, 1.82) is 0 Å². The fraction of sp³-hybridized carbons (Fsp3) is 0.682. The van der Waals surface area contributed by atoms with Crippen LogP contribution in [0.5, 0.6) is 0 Å². The maximum Gasteiger partial charge on any atom is 0.194 e. The summed E-state index contributed by atoms with van der Waals surface area (Å²) >= 11 is 0. The summed E-state index contributed by atoms with van der Waals surface area (Å²) in [5, 5.41) is 0. The lowest BCUT2D eigenvalue weighted by molar-refractivity contribution is 0.0953. The molecule has 2 unspecified atom stereocenters. The van der Waals surface area contributed by atoms with Gasteiger partial charge in [0.25, 0.3) is 0 Å². The molecule has 1 aromatic rings. The summed E-state index contributed by atoms with van der Waals surface area (Å²) in [7, 11) is 0. The van der Waals surface area contributed by atoms with E-state index in [9.17, 15) is 4.79 Å². The number of ketones is 1. The van der Waals surface area contributed by atoms with Gasteiger partial charge >= 0.3 is 0 Å². The van der Waals surface area contributed by atoms with Crippen molar-refractivity contribution < 1.29 is 9.53 Å². The van der Waals surface area contributed by atoms with E-state index in [1.165, 1.54) is 70.6 Å². The van der Waals surface area contributed by atoms with Crippen LogP contribution in [0, 0.1) is 0 Å². The Hall–Kier alpha value is -1.15. The summed E-state index contributed by atoms with van der Waals surface area (Å²) < 4.78 is 5.58. The standard InChI is InChI=1S/C22H34O2/c1-2-3-4-5-6-7-8-9-10-11-15-18-20-22(24-20)21(23)19-16-13-12-14-17-19/h12-14,16-17,20,22H,2-11,15,18H2,1H3. The molecule has 0 aliphatic carbocycles. The minimum atomic E-state index is -0.171. The van der Waals surface area contributed by atoms with Crippen molar-refractivity contribution in [2.75, 3.05) is 0 Å². The third-order valence-corrected chi connectivity index (χ3v) is 4.99. The molecule has 2 atom stereocenters. The largest absolute Gasteiger partial charge is 0.361 e. The van der Waals surface area contributed by atoms with E-state index in [0.717, 1.165) is 12.0 Å². The predicted octanol–water partition coefficient (Wildman–Crippen LogP) is 6.34. The molecule has 2 rings (SSSR count). The zero-order valence-electron chi connectivity index (χ0n) is 15.3. The van der Waals surface area contributed by atoms with Gasteiger partial charge in [0.05, 0.1) is 6.10 Å². The molecule has 0 spiro atoms. The molecular weight excluding hydrogens is 296 g/mol. The summed E-state index contributed by atoms with van der Waals surface area (Å²) in [6.45, 7) is 2.27. The number of benzene rings is 1. The molecule has 1 heterocycles. The van der Waals surface area contributed by atoms with Crippen LogP contribution in [0.3, 0.4) is 0 Å².